The highest BCUT2D eigenvalue weighted by atomic mass is 32.2. The molecule has 0 aromatic heterocycles. The van der Waals surface area contributed by atoms with Crippen LogP contribution in [0.25, 0.3) is 21.5 Å². The Bertz CT molecular complexity index is 2600. The molecule has 1 fully saturated rings. The molecule has 1 aliphatic heterocycles. The molecule has 1 aliphatic rings. The van der Waals surface area contributed by atoms with Gasteiger partial charge in [-0.05, 0) is 106 Å². The molecule has 0 spiro atoms. The quantitative estimate of drug-likeness (QED) is 0.0906. The van der Waals surface area contributed by atoms with Gasteiger partial charge in [0, 0.05) is 35.8 Å². The highest BCUT2D eigenvalue weighted by Gasteiger charge is 2.31. The van der Waals surface area contributed by atoms with Crippen molar-refractivity contribution in [2.75, 3.05) is 32.3 Å². The first-order valence-corrected chi connectivity index (χ1v) is 18.9. The summed E-state index contributed by atoms with van der Waals surface area (Å²) >= 11 is 0. The van der Waals surface area contributed by atoms with E-state index in [1.54, 1.807) is 48.5 Å². The number of carboxylic acid groups (broad SMARTS) is 2. The first kappa shape index (κ1) is 35.5. The fourth-order valence-electron chi connectivity index (χ4n) is 6.08. The second-order valence-corrected chi connectivity index (χ2v) is 15.6. The number of carboxylic acids is 2. The number of hydrogen-bond acceptors (Lipinski definition) is 9. The van der Waals surface area contributed by atoms with Gasteiger partial charge in [0.2, 0.25) is 0 Å². The Kier molecular flexibility index (Phi) is 8.75. The van der Waals surface area contributed by atoms with Crippen molar-refractivity contribution in [1.29, 1.82) is 0 Å². The largest absolute Gasteiger partial charge is 0.507 e. The van der Waals surface area contributed by atoms with Crippen LogP contribution in [0.1, 0.15) is 20.7 Å². The molecule has 54 heavy (non-hydrogen) atoms. The van der Waals surface area contributed by atoms with Crippen LogP contribution in [0, 0.1) is 0 Å². The predicted octanol–water partition coefficient (Wildman–Crippen LogP) is 5.85. The molecular formula is C37H28N4O11S2. The number of urea groups is 1. The zero-order valence-corrected chi connectivity index (χ0v) is 29.3. The van der Waals surface area contributed by atoms with Crippen molar-refractivity contribution in [3.63, 3.8) is 0 Å². The van der Waals surface area contributed by atoms with Crippen molar-refractivity contribution < 1.29 is 51.6 Å². The molecule has 274 valence electrons. The summed E-state index contributed by atoms with van der Waals surface area (Å²) in [5, 5.41) is 40.5. The molecule has 1 heterocycles. The fourth-order valence-corrected chi connectivity index (χ4v) is 8.25. The Morgan fingerprint density at radius 2 is 0.907 bits per heavy atom. The van der Waals surface area contributed by atoms with Crippen LogP contribution >= 0.6 is 0 Å². The highest BCUT2D eigenvalue weighted by Crippen LogP contribution is 2.33. The number of carbonyl (C=O) groups excluding carboxylic acids is 1. The maximum absolute atomic E-state index is 13.8. The molecule has 0 saturated carbocycles. The number of aromatic hydroxyl groups is 2. The summed E-state index contributed by atoms with van der Waals surface area (Å²) in [6, 6.07) is 25.4. The van der Waals surface area contributed by atoms with E-state index in [-0.39, 0.29) is 40.3 Å². The summed E-state index contributed by atoms with van der Waals surface area (Å²) in [7, 11) is -8.37. The van der Waals surface area contributed by atoms with Crippen molar-refractivity contribution in [3.8, 4) is 11.5 Å². The van der Waals surface area contributed by atoms with Crippen molar-refractivity contribution in [2.24, 2.45) is 0 Å². The van der Waals surface area contributed by atoms with Crippen LogP contribution in [-0.2, 0) is 20.0 Å². The lowest BCUT2D eigenvalue weighted by atomic mass is 10.1. The van der Waals surface area contributed by atoms with Crippen LogP contribution in [0.5, 0.6) is 11.5 Å². The monoisotopic (exact) mass is 768 g/mol. The number of sulfonamides is 2. The minimum absolute atomic E-state index is 0.0600. The third-order valence-electron chi connectivity index (χ3n) is 8.80. The number of amides is 2. The lowest BCUT2D eigenvalue weighted by Gasteiger charge is -2.20. The van der Waals surface area contributed by atoms with Crippen LogP contribution < -0.4 is 19.2 Å². The number of hydrogen-bond donors (Lipinski definition) is 6. The van der Waals surface area contributed by atoms with Crippen molar-refractivity contribution in [3.05, 3.63) is 120 Å². The number of phenols is 2. The van der Waals surface area contributed by atoms with Gasteiger partial charge in [-0.15, -0.1) is 0 Å². The van der Waals surface area contributed by atoms with Crippen LogP contribution in [-0.4, -0.2) is 68.3 Å². The third kappa shape index (κ3) is 6.75. The van der Waals surface area contributed by atoms with E-state index in [0.29, 0.717) is 32.9 Å². The number of carbonyl (C=O) groups is 3. The Labute approximate surface area is 307 Å². The first-order chi connectivity index (χ1) is 25.6. The average Bonchev–Trinajstić information content (AvgIpc) is 3.52. The van der Waals surface area contributed by atoms with Gasteiger partial charge in [0.1, 0.15) is 22.6 Å². The van der Waals surface area contributed by atoms with Crippen LogP contribution in [0.2, 0.25) is 0 Å². The summed E-state index contributed by atoms with van der Waals surface area (Å²) in [6.45, 7) is 0.579. The minimum atomic E-state index is -4.19. The number of rotatable bonds is 10. The van der Waals surface area contributed by atoms with E-state index < -0.39 is 54.6 Å². The topological polar surface area (TPSA) is 231 Å². The number of benzene rings is 6. The van der Waals surface area contributed by atoms with Gasteiger partial charge in [-0.25, -0.2) is 31.2 Å². The van der Waals surface area contributed by atoms with Gasteiger partial charge in [0.15, 0.2) is 0 Å². The average molecular weight is 769 g/mol. The number of nitrogens with zero attached hydrogens (tertiary/aromatic N) is 2. The summed E-state index contributed by atoms with van der Waals surface area (Å²) in [6.07, 6.45) is 0. The Hall–Kier alpha value is -6.85. The van der Waals surface area contributed by atoms with Gasteiger partial charge in [0.05, 0.1) is 9.79 Å². The van der Waals surface area contributed by atoms with Gasteiger partial charge in [-0.3, -0.25) is 19.2 Å². The Balaban J connectivity index is 1.12. The highest BCUT2D eigenvalue weighted by molar-refractivity contribution is 7.93. The molecule has 0 unspecified atom stereocenters. The van der Waals surface area contributed by atoms with E-state index in [2.05, 4.69) is 9.44 Å². The van der Waals surface area contributed by atoms with Gasteiger partial charge in [-0.2, -0.15) is 0 Å². The maximum atomic E-state index is 13.8. The lowest BCUT2D eigenvalue weighted by Crippen LogP contribution is -2.31. The minimum Gasteiger partial charge on any atom is -0.507 e. The first-order valence-electron chi connectivity index (χ1n) is 15.9. The molecule has 1 saturated heterocycles. The SMILES string of the molecule is O=C(O)c1cc(NS(=O)(=O)c2ccc3ccc(N4CCN(c5ccc6ccc(S(=O)(=O)Nc7ccc(O)c(C(=O)O)c7)cc6c5)C4=O)cc3c2)ccc1O. The predicted molar refractivity (Wildman–Crippen MR) is 200 cm³/mol. The van der Waals surface area contributed by atoms with E-state index in [0.717, 1.165) is 24.3 Å². The van der Waals surface area contributed by atoms with E-state index >= 15 is 0 Å². The molecule has 6 aromatic carbocycles. The van der Waals surface area contributed by atoms with Crippen LogP contribution in [0.15, 0.2) is 119 Å². The summed E-state index contributed by atoms with van der Waals surface area (Å²) < 4.78 is 57.6. The molecule has 15 nitrogen and oxygen atoms in total. The van der Waals surface area contributed by atoms with E-state index in [9.17, 15) is 51.6 Å². The molecule has 17 heteroatoms. The molecule has 0 bridgehead atoms. The van der Waals surface area contributed by atoms with Crippen molar-refractivity contribution in [2.45, 2.75) is 9.79 Å². The number of anilines is 4. The number of fused-ring (bicyclic) bond motifs is 2. The van der Waals surface area contributed by atoms with Gasteiger partial charge in [0.25, 0.3) is 20.0 Å². The standard InChI is InChI=1S/C37H28N4O11S2/c42-33-11-5-25(19-31(33)35(44)45)38-53(49,50)29-9-3-21-1-7-27(15-23(21)17-29)40-13-14-41(37(40)48)28-8-2-22-4-10-30(18-24(22)16-28)54(51,52)39-26-6-12-34(43)32(20-26)36(46)47/h1-12,15-20,38-39,42-43H,13-14H2,(H,44,45)(H,46,47). The molecule has 0 aliphatic carbocycles. The summed E-state index contributed by atoms with van der Waals surface area (Å²) in [4.78, 5) is 39.4. The van der Waals surface area contributed by atoms with E-state index in [1.165, 1.54) is 46.2 Å². The zero-order valence-electron chi connectivity index (χ0n) is 27.7. The van der Waals surface area contributed by atoms with Crippen molar-refractivity contribution in [1.82, 2.24) is 0 Å². The zero-order chi connectivity index (χ0) is 38.5. The van der Waals surface area contributed by atoms with Gasteiger partial charge >= 0.3 is 18.0 Å². The van der Waals surface area contributed by atoms with Gasteiger partial charge in [-0.1, -0.05) is 24.3 Å². The second kappa shape index (κ2) is 13.3. The molecule has 2 amide bonds. The number of aromatic carboxylic acids is 2. The maximum Gasteiger partial charge on any atom is 0.339 e. The molecule has 7 rings (SSSR count). The summed E-state index contributed by atoms with van der Waals surface area (Å²) in [5.74, 6) is -3.88. The van der Waals surface area contributed by atoms with Gasteiger partial charge < -0.3 is 20.4 Å². The Morgan fingerprint density at radius 3 is 1.30 bits per heavy atom. The summed E-state index contributed by atoms with van der Waals surface area (Å²) in [5.41, 5.74) is -0.0553. The number of nitrogens with one attached hydrogen (secondary N) is 2. The third-order valence-corrected chi connectivity index (χ3v) is 11.6. The smallest absolute Gasteiger partial charge is 0.339 e. The van der Waals surface area contributed by atoms with E-state index in [4.69, 9.17) is 0 Å². The molecule has 0 atom stereocenters. The van der Waals surface area contributed by atoms with E-state index in [1.807, 2.05) is 0 Å². The Morgan fingerprint density at radius 1 is 0.519 bits per heavy atom. The second-order valence-electron chi connectivity index (χ2n) is 12.3. The lowest BCUT2D eigenvalue weighted by molar-refractivity contribution is 0.0682. The fraction of sp³-hybridized carbons (Fsp3) is 0.0541. The van der Waals surface area contributed by atoms with Crippen LogP contribution in [0.4, 0.5) is 27.5 Å². The molecular weight excluding hydrogens is 741 g/mol. The molecule has 6 aromatic rings. The van der Waals surface area contributed by atoms with Crippen molar-refractivity contribution >= 4 is 82.3 Å². The van der Waals surface area contributed by atoms with Crippen LogP contribution in [0.3, 0.4) is 0 Å². The molecule has 6 N–H and O–H groups in total. The molecule has 0 radical (unpaired) electrons. The normalized spacial score (nSPS) is 13.4.